The second-order valence-corrected chi connectivity index (χ2v) is 11.3. The lowest BCUT2D eigenvalue weighted by Gasteiger charge is -2.24. The van der Waals surface area contributed by atoms with E-state index >= 15 is 0 Å². The minimum Gasteiger partial charge on any atom is -0.454 e. The Balaban J connectivity index is 1.75. The Hall–Kier alpha value is -2.78. The Bertz CT molecular complexity index is 1140. The van der Waals surface area contributed by atoms with Gasteiger partial charge in [0.25, 0.3) is 0 Å². The molecule has 0 bridgehead atoms. The van der Waals surface area contributed by atoms with E-state index in [1.165, 1.54) is 0 Å². The summed E-state index contributed by atoms with van der Waals surface area (Å²) in [5.41, 5.74) is 5.80. The summed E-state index contributed by atoms with van der Waals surface area (Å²) in [6.45, 7) is 7.13. The van der Waals surface area contributed by atoms with Crippen LogP contribution in [0.2, 0.25) is 0 Å². The molecule has 0 aromatic heterocycles. The molecule has 1 aliphatic heterocycles. The number of aryl methyl sites for hydroxylation is 1. The minimum atomic E-state index is -3.83. The van der Waals surface area contributed by atoms with E-state index in [1.54, 1.807) is 63.2 Å². The number of fused-ring (bicyclic) bond motifs is 1. The molecule has 0 spiro atoms. The van der Waals surface area contributed by atoms with Crippen LogP contribution in [0.1, 0.15) is 37.8 Å². The van der Waals surface area contributed by atoms with E-state index < -0.39 is 38.2 Å². The monoisotopic (exact) mass is 460 g/mol. The Morgan fingerprint density at radius 3 is 2.44 bits per heavy atom. The number of carbonyl (C=O) groups excluding carboxylic acids is 1. The van der Waals surface area contributed by atoms with Crippen LogP contribution in [0.15, 0.2) is 47.4 Å². The number of benzene rings is 2. The Morgan fingerprint density at radius 1 is 1.16 bits per heavy atom. The molecule has 1 fully saturated rings. The summed E-state index contributed by atoms with van der Waals surface area (Å²) < 4.78 is 43.6. The van der Waals surface area contributed by atoms with Gasteiger partial charge < -0.3 is 25.3 Å². The zero-order chi connectivity index (χ0) is 23.3. The first-order valence-corrected chi connectivity index (χ1v) is 11.9. The number of rotatable bonds is 5. The number of nitrogens with two attached hydrogens (primary N) is 1. The zero-order valence-electron chi connectivity index (χ0n) is 18.5. The Labute approximate surface area is 188 Å². The van der Waals surface area contributed by atoms with Gasteiger partial charge in [0.1, 0.15) is 10.9 Å². The molecule has 0 saturated heterocycles. The third-order valence-corrected chi connectivity index (χ3v) is 8.06. The number of carbonyl (C=O) groups is 1. The van der Waals surface area contributed by atoms with Gasteiger partial charge in [0.15, 0.2) is 21.3 Å². The third kappa shape index (κ3) is 3.91. The Morgan fingerprint density at radius 2 is 1.81 bits per heavy atom. The van der Waals surface area contributed by atoms with Crippen LogP contribution in [0.4, 0.5) is 4.79 Å². The summed E-state index contributed by atoms with van der Waals surface area (Å²) in [5, 5.41) is 1.83. The van der Waals surface area contributed by atoms with Crippen LogP contribution < -0.4 is 20.5 Å². The average Bonchev–Trinajstić information content (AvgIpc) is 3.13. The highest BCUT2D eigenvalue weighted by Crippen LogP contribution is 2.58. The van der Waals surface area contributed by atoms with Crippen molar-refractivity contribution in [1.29, 1.82) is 0 Å². The molecule has 172 valence electrons. The fourth-order valence-corrected chi connectivity index (χ4v) is 6.59. The molecule has 2 aliphatic rings. The molecule has 2 aromatic rings. The molecule has 1 aliphatic carbocycles. The van der Waals surface area contributed by atoms with Gasteiger partial charge in [-0.25, -0.2) is 13.2 Å². The van der Waals surface area contributed by atoms with Crippen LogP contribution in [0.5, 0.6) is 11.5 Å². The molecule has 32 heavy (non-hydrogen) atoms. The van der Waals surface area contributed by atoms with Crippen LogP contribution in [-0.4, -0.2) is 44.2 Å². The summed E-state index contributed by atoms with van der Waals surface area (Å²) in [6, 6.07) is 11.9. The van der Waals surface area contributed by atoms with Crippen LogP contribution in [0, 0.1) is 6.92 Å². The zero-order valence-corrected chi connectivity index (χ0v) is 19.4. The van der Waals surface area contributed by atoms with Crippen molar-refractivity contribution in [3.63, 3.8) is 0 Å². The van der Waals surface area contributed by atoms with E-state index in [0.29, 0.717) is 17.1 Å². The lowest BCUT2D eigenvalue weighted by Crippen LogP contribution is -2.49. The number of sulfone groups is 1. The SMILES string of the molecule is Cc1ccc(S(=O)(=O)[C@@H]2[C@H](c3ccc4c(c3)OCO4)[C@@]2(CN)NC(=O)OC(C)(C)C)cc1. The number of hydrogen-bond acceptors (Lipinski definition) is 7. The average molecular weight is 461 g/mol. The van der Waals surface area contributed by atoms with E-state index in [4.69, 9.17) is 19.9 Å². The summed E-state index contributed by atoms with van der Waals surface area (Å²) in [4.78, 5) is 12.8. The van der Waals surface area contributed by atoms with Crippen molar-refractivity contribution in [2.45, 2.75) is 54.9 Å². The third-order valence-electron chi connectivity index (χ3n) is 5.77. The van der Waals surface area contributed by atoms with E-state index in [0.717, 1.165) is 5.56 Å². The number of amides is 1. The van der Waals surface area contributed by atoms with Gasteiger partial charge in [-0.1, -0.05) is 23.8 Å². The van der Waals surface area contributed by atoms with E-state index in [1.807, 2.05) is 6.92 Å². The number of alkyl carbamates (subject to hydrolysis) is 1. The van der Waals surface area contributed by atoms with Crippen molar-refractivity contribution in [2.75, 3.05) is 13.3 Å². The number of hydrogen-bond donors (Lipinski definition) is 2. The van der Waals surface area contributed by atoms with E-state index in [-0.39, 0.29) is 18.2 Å². The van der Waals surface area contributed by atoms with Gasteiger partial charge >= 0.3 is 6.09 Å². The standard InChI is InChI=1S/C23H28N2O6S/c1-14-5-8-16(9-6-14)32(27,28)20-19(15-7-10-17-18(11-15)30-13-29-17)23(20,12-24)25-21(26)31-22(2,3)4/h5-11,19-20H,12-13,24H2,1-4H3,(H,25,26)/t19-,20+,23+/m0/s1. The maximum atomic E-state index is 13.7. The first-order chi connectivity index (χ1) is 15.0. The molecule has 8 nitrogen and oxygen atoms in total. The van der Waals surface area contributed by atoms with Crippen LogP contribution in [0.25, 0.3) is 0 Å². The molecular formula is C23H28N2O6S. The van der Waals surface area contributed by atoms with Crippen LogP contribution in [0.3, 0.4) is 0 Å². The highest BCUT2D eigenvalue weighted by atomic mass is 32.2. The molecule has 2 aromatic carbocycles. The van der Waals surface area contributed by atoms with Gasteiger partial charge in [0, 0.05) is 12.5 Å². The van der Waals surface area contributed by atoms with Crippen molar-refractivity contribution < 1.29 is 27.4 Å². The molecule has 1 amide bonds. The maximum Gasteiger partial charge on any atom is 0.408 e. The molecular weight excluding hydrogens is 432 g/mol. The van der Waals surface area contributed by atoms with Crippen molar-refractivity contribution in [3.8, 4) is 11.5 Å². The van der Waals surface area contributed by atoms with Gasteiger partial charge in [-0.15, -0.1) is 0 Å². The molecule has 4 rings (SSSR count). The fourth-order valence-electron chi connectivity index (χ4n) is 4.25. The van der Waals surface area contributed by atoms with Gasteiger partial charge in [0.2, 0.25) is 6.79 Å². The first-order valence-electron chi connectivity index (χ1n) is 10.4. The molecule has 9 heteroatoms. The van der Waals surface area contributed by atoms with Crippen molar-refractivity contribution in [2.24, 2.45) is 5.73 Å². The Kier molecular flexibility index (Phi) is 5.37. The highest BCUT2D eigenvalue weighted by molar-refractivity contribution is 7.92. The number of nitrogens with one attached hydrogen (secondary N) is 1. The summed E-state index contributed by atoms with van der Waals surface area (Å²) in [6.07, 6.45) is -0.713. The van der Waals surface area contributed by atoms with Crippen LogP contribution in [-0.2, 0) is 14.6 Å². The number of ether oxygens (including phenoxy) is 3. The summed E-state index contributed by atoms with van der Waals surface area (Å²) in [7, 11) is -3.83. The van der Waals surface area contributed by atoms with Crippen LogP contribution >= 0.6 is 0 Å². The summed E-state index contributed by atoms with van der Waals surface area (Å²) >= 11 is 0. The van der Waals surface area contributed by atoms with Crippen molar-refractivity contribution >= 4 is 15.9 Å². The summed E-state index contributed by atoms with van der Waals surface area (Å²) in [5.74, 6) is 0.538. The second kappa shape index (κ2) is 7.67. The lowest BCUT2D eigenvalue weighted by atomic mass is 10.1. The molecule has 1 saturated carbocycles. The quantitative estimate of drug-likeness (QED) is 0.705. The molecule has 0 radical (unpaired) electrons. The predicted octanol–water partition coefficient (Wildman–Crippen LogP) is 2.89. The van der Waals surface area contributed by atoms with E-state index in [2.05, 4.69) is 5.32 Å². The largest absolute Gasteiger partial charge is 0.454 e. The van der Waals surface area contributed by atoms with Gasteiger partial charge in [-0.2, -0.15) is 0 Å². The van der Waals surface area contributed by atoms with Gasteiger partial charge in [0.05, 0.1) is 10.4 Å². The fraction of sp³-hybridized carbons (Fsp3) is 0.435. The normalized spacial score (nSPS) is 24.2. The van der Waals surface area contributed by atoms with Gasteiger partial charge in [-0.05, 0) is 57.5 Å². The van der Waals surface area contributed by atoms with Crippen molar-refractivity contribution in [1.82, 2.24) is 5.32 Å². The molecule has 3 atom stereocenters. The highest BCUT2D eigenvalue weighted by Gasteiger charge is 2.72. The lowest BCUT2D eigenvalue weighted by molar-refractivity contribution is 0.0497. The smallest absolute Gasteiger partial charge is 0.408 e. The molecule has 1 heterocycles. The van der Waals surface area contributed by atoms with Gasteiger partial charge in [-0.3, -0.25) is 0 Å². The molecule has 0 unspecified atom stereocenters. The van der Waals surface area contributed by atoms with Crippen molar-refractivity contribution in [3.05, 3.63) is 53.6 Å². The maximum absolute atomic E-state index is 13.7. The minimum absolute atomic E-state index is 0.0822. The first kappa shape index (κ1) is 22.4. The topological polar surface area (TPSA) is 117 Å². The molecule has 3 N–H and O–H groups in total. The predicted molar refractivity (Wildman–Crippen MR) is 119 cm³/mol. The second-order valence-electron chi connectivity index (χ2n) is 9.24. The van der Waals surface area contributed by atoms with E-state index in [9.17, 15) is 13.2 Å².